The number of nitrogens with one attached hydrogen (secondary N) is 1. The lowest BCUT2D eigenvalue weighted by molar-refractivity contribution is -0.115. The molecule has 1 aliphatic carbocycles. The summed E-state index contributed by atoms with van der Waals surface area (Å²) in [4.78, 5) is 23.1. The quantitative estimate of drug-likeness (QED) is 0.291. The molecular formula is C33H27N3O2. The van der Waals surface area contributed by atoms with Gasteiger partial charge in [-0.05, 0) is 51.9 Å². The van der Waals surface area contributed by atoms with Crippen molar-refractivity contribution in [1.29, 1.82) is 0 Å². The Balaban J connectivity index is 1.34. The molecule has 5 heteroatoms. The first-order chi connectivity index (χ1) is 18.7. The van der Waals surface area contributed by atoms with Crippen molar-refractivity contribution in [3.63, 3.8) is 0 Å². The fourth-order valence-corrected chi connectivity index (χ4v) is 4.97. The van der Waals surface area contributed by atoms with E-state index in [0.29, 0.717) is 11.5 Å². The van der Waals surface area contributed by atoms with Crippen LogP contribution < -0.4 is 5.32 Å². The fourth-order valence-electron chi connectivity index (χ4n) is 4.97. The Hall–Kier alpha value is -4.61. The number of carbonyl (C=O) groups excluding carboxylic acids is 1. The third kappa shape index (κ3) is 4.97. The number of nitrogens with zero attached hydrogens (tertiary/aromatic N) is 2. The minimum absolute atomic E-state index is 0.0130. The number of hydrogen-bond donors (Lipinski definition) is 2. The molecule has 0 spiro atoms. The normalized spacial score (nSPS) is 12.3. The van der Waals surface area contributed by atoms with Crippen LogP contribution in [0.25, 0.3) is 34.2 Å². The number of aliphatic hydroxyl groups excluding tert-OH is 1. The van der Waals surface area contributed by atoms with E-state index in [4.69, 9.17) is 9.97 Å². The summed E-state index contributed by atoms with van der Waals surface area (Å²) in [7, 11) is 0. The topological polar surface area (TPSA) is 75.1 Å². The molecule has 1 amide bonds. The highest BCUT2D eigenvalue weighted by Gasteiger charge is 2.22. The van der Waals surface area contributed by atoms with Gasteiger partial charge in [-0.25, -0.2) is 9.97 Å². The van der Waals surface area contributed by atoms with Crippen LogP contribution in [0, 0.1) is 0 Å². The number of benzene rings is 4. The van der Waals surface area contributed by atoms with Crippen molar-refractivity contribution in [2.75, 3.05) is 5.32 Å². The largest absolute Gasteiger partial charge is 0.392 e. The molecule has 4 aromatic carbocycles. The van der Waals surface area contributed by atoms with Gasteiger partial charge in [0.15, 0.2) is 5.82 Å². The molecule has 0 radical (unpaired) electrons. The fraction of sp³-hybridized carbons (Fsp3) is 0.121. The lowest BCUT2D eigenvalue weighted by Crippen LogP contribution is -2.19. The average Bonchev–Trinajstić information content (AvgIpc) is 2.96. The van der Waals surface area contributed by atoms with E-state index in [-0.39, 0.29) is 18.9 Å². The van der Waals surface area contributed by atoms with E-state index in [0.717, 1.165) is 62.8 Å². The Morgan fingerprint density at radius 1 is 0.816 bits per heavy atom. The average molecular weight is 498 g/mol. The number of aliphatic hydroxyl groups is 1. The first-order valence-electron chi connectivity index (χ1n) is 12.8. The van der Waals surface area contributed by atoms with E-state index in [1.54, 1.807) is 0 Å². The van der Waals surface area contributed by atoms with Crippen LogP contribution in [0.4, 0.5) is 5.82 Å². The van der Waals surface area contributed by atoms with Crippen molar-refractivity contribution in [3.05, 3.63) is 125 Å². The minimum Gasteiger partial charge on any atom is -0.392 e. The molecule has 0 bridgehead atoms. The number of fused-ring (bicyclic) bond motifs is 4. The number of amides is 1. The second-order valence-electron chi connectivity index (χ2n) is 9.55. The van der Waals surface area contributed by atoms with E-state index in [9.17, 15) is 9.90 Å². The Labute approximate surface area is 221 Å². The van der Waals surface area contributed by atoms with Gasteiger partial charge in [-0.1, -0.05) is 97.1 Å². The summed E-state index contributed by atoms with van der Waals surface area (Å²) in [5, 5.41) is 14.9. The van der Waals surface area contributed by atoms with E-state index >= 15 is 0 Å². The van der Waals surface area contributed by atoms with Crippen LogP contribution in [0.3, 0.4) is 0 Å². The van der Waals surface area contributed by atoms with E-state index < -0.39 is 0 Å². The van der Waals surface area contributed by atoms with E-state index in [1.807, 2.05) is 84.9 Å². The standard InChI is InChI=1S/C33H27N3O2/c37-21-24-11-15-28-27(19-24)14-17-29-32(28)34-30(16-12-22-6-2-1-3-7-22)33(35-29)36-31(38)20-23-10-13-25-8-4-5-9-26(25)18-23/h1-13,15-16,18-19,37H,14,17,20-21H2,(H,35,36,38)/b16-12+. The van der Waals surface area contributed by atoms with Gasteiger partial charge in [0.05, 0.1) is 24.4 Å². The third-order valence-electron chi connectivity index (χ3n) is 6.90. The lowest BCUT2D eigenvalue weighted by Gasteiger charge is -2.21. The number of aryl methyl sites for hydroxylation is 2. The summed E-state index contributed by atoms with van der Waals surface area (Å²) in [6.07, 6.45) is 5.67. The molecule has 1 aliphatic rings. The summed E-state index contributed by atoms with van der Waals surface area (Å²) in [6, 6.07) is 30.2. The van der Waals surface area contributed by atoms with Gasteiger partial charge in [0, 0.05) is 5.56 Å². The molecule has 6 rings (SSSR count). The number of rotatable bonds is 6. The first-order valence-corrected chi connectivity index (χ1v) is 12.8. The monoisotopic (exact) mass is 497 g/mol. The molecule has 1 aromatic heterocycles. The molecule has 186 valence electrons. The van der Waals surface area contributed by atoms with Gasteiger partial charge in [-0.2, -0.15) is 0 Å². The smallest absolute Gasteiger partial charge is 0.230 e. The molecule has 0 aliphatic heterocycles. The summed E-state index contributed by atoms with van der Waals surface area (Å²) in [5.74, 6) is 0.338. The zero-order chi connectivity index (χ0) is 25.9. The van der Waals surface area contributed by atoms with Crippen LogP contribution in [0.1, 0.15) is 33.6 Å². The Morgan fingerprint density at radius 3 is 2.45 bits per heavy atom. The van der Waals surface area contributed by atoms with Crippen LogP contribution in [0.5, 0.6) is 0 Å². The molecule has 0 fully saturated rings. The van der Waals surface area contributed by atoms with Crippen molar-refractivity contribution >= 4 is 34.6 Å². The number of aromatic nitrogens is 2. The molecular weight excluding hydrogens is 470 g/mol. The molecule has 0 unspecified atom stereocenters. The van der Waals surface area contributed by atoms with Gasteiger partial charge >= 0.3 is 0 Å². The van der Waals surface area contributed by atoms with Crippen LogP contribution >= 0.6 is 0 Å². The van der Waals surface area contributed by atoms with Crippen LogP contribution in [0.2, 0.25) is 0 Å². The van der Waals surface area contributed by atoms with Gasteiger partial charge < -0.3 is 10.4 Å². The van der Waals surface area contributed by atoms with E-state index in [1.165, 1.54) is 0 Å². The van der Waals surface area contributed by atoms with Crippen molar-refractivity contribution in [1.82, 2.24) is 9.97 Å². The molecule has 0 atom stereocenters. The Kier molecular flexibility index (Phi) is 6.51. The number of anilines is 1. The minimum atomic E-state index is -0.132. The zero-order valence-corrected chi connectivity index (χ0v) is 20.9. The maximum Gasteiger partial charge on any atom is 0.230 e. The molecule has 5 nitrogen and oxygen atoms in total. The maximum atomic E-state index is 13.2. The highest BCUT2D eigenvalue weighted by atomic mass is 16.3. The van der Waals surface area contributed by atoms with Gasteiger partial charge in [0.2, 0.25) is 5.91 Å². The molecule has 5 aromatic rings. The Morgan fingerprint density at radius 2 is 1.61 bits per heavy atom. The van der Waals surface area contributed by atoms with Crippen molar-refractivity contribution in [2.24, 2.45) is 0 Å². The van der Waals surface area contributed by atoms with Gasteiger partial charge in [-0.15, -0.1) is 0 Å². The van der Waals surface area contributed by atoms with Gasteiger partial charge in [0.1, 0.15) is 5.69 Å². The van der Waals surface area contributed by atoms with Crippen molar-refractivity contribution in [3.8, 4) is 11.3 Å². The second kappa shape index (κ2) is 10.4. The summed E-state index contributed by atoms with van der Waals surface area (Å²) in [6.45, 7) is 0.0130. The van der Waals surface area contributed by atoms with Crippen LogP contribution in [-0.4, -0.2) is 21.0 Å². The predicted octanol–water partition coefficient (Wildman–Crippen LogP) is 6.24. The molecule has 2 N–H and O–H groups in total. The molecule has 0 saturated carbocycles. The number of carbonyl (C=O) groups is 1. The SMILES string of the molecule is O=C(Cc1ccc2ccccc2c1)Nc1nc2c(nc1/C=C/c1ccccc1)-c1ccc(CO)cc1CC2. The first kappa shape index (κ1) is 23.8. The number of hydrogen-bond acceptors (Lipinski definition) is 4. The van der Waals surface area contributed by atoms with Crippen LogP contribution in [0.15, 0.2) is 91.0 Å². The summed E-state index contributed by atoms with van der Waals surface area (Å²) in [5.41, 5.74) is 7.36. The molecule has 38 heavy (non-hydrogen) atoms. The van der Waals surface area contributed by atoms with Gasteiger partial charge in [-0.3, -0.25) is 4.79 Å². The summed E-state index contributed by atoms with van der Waals surface area (Å²) < 4.78 is 0. The third-order valence-corrected chi connectivity index (χ3v) is 6.90. The van der Waals surface area contributed by atoms with Crippen molar-refractivity contribution in [2.45, 2.75) is 25.9 Å². The predicted molar refractivity (Wildman–Crippen MR) is 152 cm³/mol. The molecule has 1 heterocycles. The van der Waals surface area contributed by atoms with E-state index in [2.05, 4.69) is 23.5 Å². The second-order valence-corrected chi connectivity index (χ2v) is 9.55. The maximum absolute atomic E-state index is 13.2. The Bertz CT molecular complexity index is 1680. The van der Waals surface area contributed by atoms with Crippen molar-refractivity contribution < 1.29 is 9.90 Å². The molecule has 0 saturated heterocycles. The highest BCUT2D eigenvalue weighted by Crippen LogP contribution is 2.34. The highest BCUT2D eigenvalue weighted by molar-refractivity contribution is 5.94. The summed E-state index contributed by atoms with van der Waals surface area (Å²) >= 11 is 0. The lowest BCUT2D eigenvalue weighted by atomic mass is 9.90. The van der Waals surface area contributed by atoms with Gasteiger partial charge in [0.25, 0.3) is 0 Å². The van der Waals surface area contributed by atoms with Crippen LogP contribution in [-0.2, 0) is 30.7 Å². The zero-order valence-electron chi connectivity index (χ0n) is 20.9.